The maximum absolute atomic E-state index is 11.7. The van der Waals surface area contributed by atoms with E-state index < -0.39 is 5.60 Å². The van der Waals surface area contributed by atoms with Gasteiger partial charge in [0, 0.05) is 12.6 Å². The minimum Gasteiger partial charge on any atom is -0.388 e. The predicted molar refractivity (Wildman–Crippen MR) is 108 cm³/mol. The van der Waals surface area contributed by atoms with Gasteiger partial charge < -0.3 is 10.4 Å². The molecule has 0 radical (unpaired) electrons. The molecule has 0 aromatic rings. The molecule has 0 fully saturated rings. The molecule has 3 nitrogen and oxygen atoms in total. The Hall–Kier alpha value is -1.87. The van der Waals surface area contributed by atoms with Gasteiger partial charge in [-0.15, -0.1) is 0 Å². The summed E-state index contributed by atoms with van der Waals surface area (Å²) in [5, 5.41) is 12.8. The van der Waals surface area contributed by atoms with E-state index in [4.69, 9.17) is 0 Å². The molecular weight excluding hydrogens is 310 g/mol. The number of carbonyl (C=O) groups is 1. The van der Waals surface area contributed by atoms with Gasteiger partial charge in [-0.25, -0.2) is 0 Å². The van der Waals surface area contributed by atoms with Crippen LogP contribution in [-0.2, 0) is 4.79 Å². The minimum atomic E-state index is -0.834. The molecule has 1 atom stereocenters. The molecule has 2 N–H and O–H groups in total. The maximum atomic E-state index is 11.7. The Balaban J connectivity index is 3.89. The largest absolute Gasteiger partial charge is 0.388 e. The highest BCUT2D eigenvalue weighted by Gasteiger charge is 2.19. The van der Waals surface area contributed by atoms with Crippen LogP contribution in [0.5, 0.6) is 0 Å². The lowest BCUT2D eigenvalue weighted by molar-refractivity contribution is -0.117. The first-order valence-electron chi connectivity index (χ1n) is 9.33. The fourth-order valence-corrected chi connectivity index (χ4v) is 2.01. The van der Waals surface area contributed by atoms with Gasteiger partial charge in [-0.1, -0.05) is 81.4 Å². The first kappa shape index (κ1) is 23.1. The summed E-state index contributed by atoms with van der Waals surface area (Å²) in [5.74, 6) is -0.185. The van der Waals surface area contributed by atoms with Gasteiger partial charge >= 0.3 is 0 Å². The van der Waals surface area contributed by atoms with Crippen LogP contribution in [0.4, 0.5) is 0 Å². The van der Waals surface area contributed by atoms with Gasteiger partial charge in [0.15, 0.2) is 0 Å². The molecule has 0 saturated carbocycles. The van der Waals surface area contributed by atoms with Gasteiger partial charge in [-0.05, 0) is 32.6 Å². The van der Waals surface area contributed by atoms with E-state index in [0.717, 1.165) is 32.1 Å². The number of hydrogen-bond donors (Lipinski definition) is 2. The van der Waals surface area contributed by atoms with Crippen molar-refractivity contribution < 1.29 is 9.90 Å². The Morgan fingerprint density at radius 3 is 2.20 bits per heavy atom. The highest BCUT2D eigenvalue weighted by molar-refractivity contribution is 5.87. The van der Waals surface area contributed by atoms with Crippen LogP contribution < -0.4 is 5.32 Å². The minimum absolute atomic E-state index is 0.185. The zero-order valence-corrected chi connectivity index (χ0v) is 16.1. The summed E-state index contributed by atoms with van der Waals surface area (Å²) in [6.07, 6.45) is 25.2. The van der Waals surface area contributed by atoms with Gasteiger partial charge in [0.05, 0.1) is 5.60 Å². The third-order valence-corrected chi connectivity index (χ3v) is 3.55. The molecule has 0 aliphatic heterocycles. The number of allylic oxidation sites excluding steroid dienone is 9. The van der Waals surface area contributed by atoms with Gasteiger partial charge in [-0.2, -0.15) is 0 Å². The molecule has 140 valence electrons. The van der Waals surface area contributed by atoms with Crippen molar-refractivity contribution in [2.45, 2.75) is 64.9 Å². The van der Waals surface area contributed by atoms with Crippen molar-refractivity contribution in [1.29, 1.82) is 0 Å². The number of carbonyl (C=O) groups excluding carboxylic acids is 1. The molecule has 0 heterocycles. The van der Waals surface area contributed by atoms with Crippen molar-refractivity contribution in [2.75, 3.05) is 6.54 Å². The van der Waals surface area contributed by atoms with Crippen molar-refractivity contribution >= 4 is 5.91 Å². The first-order valence-corrected chi connectivity index (χ1v) is 9.33. The van der Waals surface area contributed by atoms with Gasteiger partial charge in [0.2, 0.25) is 5.91 Å². The molecule has 3 heteroatoms. The lowest BCUT2D eigenvalue weighted by atomic mass is 9.99. The predicted octanol–water partition coefficient (Wildman–Crippen LogP) is 5.02. The average molecular weight is 346 g/mol. The Kier molecular flexibility index (Phi) is 14.5. The van der Waals surface area contributed by atoms with Gasteiger partial charge in [0.1, 0.15) is 0 Å². The van der Waals surface area contributed by atoms with E-state index in [1.807, 2.05) is 18.2 Å². The summed E-state index contributed by atoms with van der Waals surface area (Å²) in [4.78, 5) is 11.7. The van der Waals surface area contributed by atoms with Crippen LogP contribution in [0.25, 0.3) is 0 Å². The van der Waals surface area contributed by atoms with E-state index in [2.05, 4.69) is 49.5 Å². The van der Waals surface area contributed by atoms with Crippen molar-refractivity contribution in [2.24, 2.45) is 0 Å². The lowest BCUT2D eigenvalue weighted by Crippen LogP contribution is -2.39. The van der Waals surface area contributed by atoms with Gasteiger partial charge in [-0.3, -0.25) is 4.79 Å². The van der Waals surface area contributed by atoms with Crippen molar-refractivity contribution in [1.82, 2.24) is 5.32 Å². The number of amides is 1. The molecule has 25 heavy (non-hydrogen) atoms. The molecular formula is C22H35NO2. The van der Waals surface area contributed by atoms with E-state index in [1.165, 1.54) is 6.08 Å². The Bertz CT molecular complexity index is 482. The van der Waals surface area contributed by atoms with Crippen LogP contribution in [0, 0.1) is 0 Å². The van der Waals surface area contributed by atoms with E-state index in [-0.39, 0.29) is 12.5 Å². The molecule has 0 aromatic heterocycles. The van der Waals surface area contributed by atoms with E-state index in [0.29, 0.717) is 6.42 Å². The molecule has 0 bridgehead atoms. The van der Waals surface area contributed by atoms with E-state index >= 15 is 0 Å². The molecule has 1 amide bonds. The number of unbranched alkanes of at least 4 members (excludes halogenated alkanes) is 2. The molecule has 0 aromatic carbocycles. The van der Waals surface area contributed by atoms with Crippen LogP contribution in [0.3, 0.4) is 0 Å². The lowest BCUT2D eigenvalue weighted by Gasteiger charge is -2.22. The highest BCUT2D eigenvalue weighted by Crippen LogP contribution is 2.11. The third-order valence-electron chi connectivity index (χ3n) is 3.55. The van der Waals surface area contributed by atoms with Crippen LogP contribution in [-0.4, -0.2) is 23.2 Å². The van der Waals surface area contributed by atoms with E-state index in [1.54, 1.807) is 13.0 Å². The molecule has 0 rings (SSSR count). The highest BCUT2D eigenvalue weighted by atomic mass is 16.3. The second-order valence-electron chi connectivity index (χ2n) is 6.33. The SMILES string of the molecule is CCC=CC=CCCC=CC=CC=CC(=O)NCC(C)(O)CCCC. The van der Waals surface area contributed by atoms with Crippen LogP contribution in [0.1, 0.15) is 59.3 Å². The monoisotopic (exact) mass is 345 g/mol. The van der Waals surface area contributed by atoms with Crippen LogP contribution >= 0.6 is 0 Å². The fourth-order valence-electron chi connectivity index (χ4n) is 2.01. The summed E-state index contributed by atoms with van der Waals surface area (Å²) in [5.41, 5.74) is -0.834. The smallest absolute Gasteiger partial charge is 0.244 e. The number of rotatable bonds is 13. The topological polar surface area (TPSA) is 49.3 Å². The van der Waals surface area contributed by atoms with E-state index in [9.17, 15) is 9.90 Å². The molecule has 0 aliphatic carbocycles. The standard InChI is InChI=1S/C22H35NO2/c1-4-6-8-9-10-11-12-13-14-15-16-17-18-21(24)23-20-22(3,25)19-7-5-2/h6,8-10,13-18,25H,4-5,7,11-12,19-20H2,1-3H3,(H,23,24). The normalized spacial score (nSPS) is 15.2. The maximum Gasteiger partial charge on any atom is 0.244 e. The van der Waals surface area contributed by atoms with Crippen molar-refractivity contribution in [3.63, 3.8) is 0 Å². The van der Waals surface area contributed by atoms with Crippen molar-refractivity contribution in [3.8, 4) is 0 Å². The fraction of sp³-hybridized carbons (Fsp3) is 0.500. The van der Waals surface area contributed by atoms with Crippen LogP contribution in [0.15, 0.2) is 60.8 Å². The molecule has 0 aliphatic rings. The summed E-state index contributed by atoms with van der Waals surface area (Å²) in [6.45, 7) is 6.24. The number of nitrogens with one attached hydrogen (secondary N) is 1. The Morgan fingerprint density at radius 1 is 0.960 bits per heavy atom. The van der Waals surface area contributed by atoms with Crippen LogP contribution in [0.2, 0.25) is 0 Å². The number of hydrogen-bond acceptors (Lipinski definition) is 2. The summed E-state index contributed by atoms with van der Waals surface area (Å²) in [6, 6.07) is 0. The summed E-state index contributed by atoms with van der Waals surface area (Å²) < 4.78 is 0. The molecule has 0 saturated heterocycles. The Morgan fingerprint density at radius 2 is 1.56 bits per heavy atom. The third kappa shape index (κ3) is 16.8. The quantitative estimate of drug-likeness (QED) is 0.280. The zero-order chi connectivity index (χ0) is 18.8. The second-order valence-corrected chi connectivity index (χ2v) is 6.33. The second kappa shape index (κ2) is 15.6. The first-order chi connectivity index (χ1) is 12.0. The molecule has 0 spiro atoms. The Labute approximate surface area is 153 Å². The zero-order valence-electron chi connectivity index (χ0n) is 16.1. The van der Waals surface area contributed by atoms with Crippen molar-refractivity contribution in [3.05, 3.63) is 60.8 Å². The summed E-state index contributed by atoms with van der Waals surface area (Å²) in [7, 11) is 0. The average Bonchev–Trinajstić information content (AvgIpc) is 2.59. The summed E-state index contributed by atoms with van der Waals surface area (Å²) >= 11 is 0. The number of aliphatic hydroxyl groups is 1. The van der Waals surface area contributed by atoms with Gasteiger partial charge in [0.25, 0.3) is 0 Å². The molecule has 1 unspecified atom stereocenters.